The lowest BCUT2D eigenvalue weighted by molar-refractivity contribution is -0.245. The lowest BCUT2D eigenvalue weighted by Crippen LogP contribution is -2.53. The third-order valence-electron chi connectivity index (χ3n) is 8.01. The van der Waals surface area contributed by atoms with Crippen LogP contribution in [0.2, 0.25) is 0 Å². The van der Waals surface area contributed by atoms with E-state index < -0.39 is 60.1 Å². The zero-order valence-electron chi connectivity index (χ0n) is 23.8. The van der Waals surface area contributed by atoms with Crippen LogP contribution in [-0.4, -0.2) is 94.2 Å². The zero-order valence-corrected chi connectivity index (χ0v) is 23.8. The topological polar surface area (TPSA) is 213 Å². The molecule has 0 amide bonds. The number of hydrogen-bond acceptors (Lipinski definition) is 13. The van der Waals surface area contributed by atoms with E-state index in [-0.39, 0.29) is 64.1 Å². The van der Waals surface area contributed by atoms with Crippen molar-refractivity contribution >= 4 is 17.8 Å². The van der Waals surface area contributed by atoms with Gasteiger partial charge in [-0.15, -0.1) is 0 Å². The Bertz CT molecular complexity index is 1380. The summed E-state index contributed by atoms with van der Waals surface area (Å²) in [6.45, 7) is 2.41. The van der Waals surface area contributed by atoms with Crippen LogP contribution in [0.5, 0.6) is 17.2 Å². The number of aliphatic hydroxyl groups excluding tert-OH is 2. The number of phenols is 2. The van der Waals surface area contributed by atoms with E-state index in [2.05, 4.69) is 10.5 Å². The Morgan fingerprint density at radius 1 is 1.29 bits per heavy atom. The van der Waals surface area contributed by atoms with Crippen molar-refractivity contribution < 1.29 is 49.3 Å². The number of hydrazone groups is 1. The fourth-order valence-corrected chi connectivity index (χ4v) is 5.80. The van der Waals surface area contributed by atoms with Crippen molar-refractivity contribution in [2.75, 3.05) is 20.8 Å². The van der Waals surface area contributed by atoms with Gasteiger partial charge in [0, 0.05) is 54.6 Å². The maximum atomic E-state index is 13.9. The molecule has 6 atom stereocenters. The molecule has 2 aromatic rings. The number of hydrogen-bond donors (Lipinski definition) is 7. The van der Waals surface area contributed by atoms with Gasteiger partial charge in [-0.25, -0.2) is 0 Å². The first-order valence-electron chi connectivity index (χ1n) is 13.5. The molecular weight excluding hydrogens is 550 g/mol. The molecule has 8 N–H and O–H groups in total. The van der Waals surface area contributed by atoms with Gasteiger partial charge in [0.25, 0.3) is 0 Å². The lowest BCUT2D eigenvalue weighted by Gasteiger charge is -2.42. The molecule has 42 heavy (non-hydrogen) atoms. The number of aldehydes is 1. The number of phenolic OH excluding ortho intramolecular Hbond substituents is 2. The van der Waals surface area contributed by atoms with E-state index >= 15 is 0 Å². The summed E-state index contributed by atoms with van der Waals surface area (Å²) in [4.78, 5) is 25.8. The van der Waals surface area contributed by atoms with Crippen molar-refractivity contribution in [3.63, 3.8) is 0 Å². The number of rotatable bonds is 9. The van der Waals surface area contributed by atoms with Gasteiger partial charge in [-0.3, -0.25) is 9.59 Å². The molecule has 0 radical (unpaired) electrons. The third-order valence-corrected chi connectivity index (χ3v) is 8.01. The summed E-state index contributed by atoms with van der Waals surface area (Å²) in [5.41, 5.74) is 6.45. The third kappa shape index (κ3) is 5.46. The first kappa shape index (κ1) is 31.3. The number of benzene rings is 2. The van der Waals surface area contributed by atoms with Crippen LogP contribution in [0.15, 0.2) is 23.3 Å². The van der Waals surface area contributed by atoms with Crippen molar-refractivity contribution in [3.05, 3.63) is 51.6 Å². The number of aromatic hydroxyl groups is 2. The fraction of sp³-hybridized carbons (Fsp3) is 0.483. The molecule has 13 heteroatoms. The SMILES string of the molecule is CN/N=C(\CO)[C@]1(O)Cc2c(O)c(C)c(C(=O)c3c(C=O)cccc3OC)c(O)c2[C@@H](OC2C[C@H](N)[C@H](O)[C@H](C)O2)C1. The molecule has 1 unspecified atom stereocenters. The molecule has 0 bridgehead atoms. The molecule has 4 rings (SSSR count). The molecule has 0 saturated carbocycles. The van der Waals surface area contributed by atoms with E-state index in [0.29, 0.717) is 6.29 Å². The number of nitrogens with one attached hydrogen (secondary N) is 1. The summed E-state index contributed by atoms with van der Waals surface area (Å²) in [5.74, 6) is -1.60. The van der Waals surface area contributed by atoms with Gasteiger partial charge >= 0.3 is 0 Å². The summed E-state index contributed by atoms with van der Waals surface area (Å²) >= 11 is 0. The Kier molecular flexibility index (Phi) is 9.21. The van der Waals surface area contributed by atoms with Crippen LogP contribution in [0.25, 0.3) is 0 Å². The number of carbonyl (C=O) groups is 2. The highest BCUT2D eigenvalue weighted by atomic mass is 16.7. The molecule has 0 aromatic heterocycles. The maximum Gasteiger partial charge on any atom is 0.201 e. The van der Waals surface area contributed by atoms with Crippen LogP contribution in [0.1, 0.15) is 68.8 Å². The Morgan fingerprint density at radius 3 is 2.60 bits per heavy atom. The van der Waals surface area contributed by atoms with Gasteiger partial charge in [-0.2, -0.15) is 5.10 Å². The highest BCUT2D eigenvalue weighted by molar-refractivity contribution is 6.17. The van der Waals surface area contributed by atoms with Crippen molar-refractivity contribution in [1.29, 1.82) is 0 Å². The minimum absolute atomic E-state index is 0.00853. The average molecular weight is 588 g/mol. The van der Waals surface area contributed by atoms with E-state index in [1.807, 2.05) is 0 Å². The lowest BCUT2D eigenvalue weighted by atomic mass is 9.73. The quantitative estimate of drug-likeness (QED) is 0.0706. The van der Waals surface area contributed by atoms with Gasteiger partial charge in [-0.1, -0.05) is 12.1 Å². The number of ether oxygens (including phenoxy) is 3. The Balaban J connectivity index is 1.91. The monoisotopic (exact) mass is 587 g/mol. The van der Waals surface area contributed by atoms with Crippen LogP contribution >= 0.6 is 0 Å². The van der Waals surface area contributed by atoms with E-state index in [9.17, 15) is 35.1 Å². The molecule has 1 heterocycles. The minimum atomic E-state index is -1.84. The fourth-order valence-electron chi connectivity index (χ4n) is 5.80. The second-order valence-corrected chi connectivity index (χ2v) is 10.6. The zero-order chi connectivity index (χ0) is 30.9. The van der Waals surface area contributed by atoms with E-state index in [4.69, 9.17) is 19.9 Å². The van der Waals surface area contributed by atoms with E-state index in [1.54, 1.807) is 13.0 Å². The number of aliphatic hydroxyl groups is 3. The predicted molar refractivity (Wildman–Crippen MR) is 150 cm³/mol. The van der Waals surface area contributed by atoms with Crippen LogP contribution in [-0.2, 0) is 15.9 Å². The second kappa shape index (κ2) is 12.3. The van der Waals surface area contributed by atoms with Gasteiger partial charge in [0.15, 0.2) is 12.6 Å². The summed E-state index contributed by atoms with van der Waals surface area (Å²) in [7, 11) is 2.82. The summed E-state index contributed by atoms with van der Waals surface area (Å²) in [6, 6.07) is 3.77. The van der Waals surface area contributed by atoms with Gasteiger partial charge in [0.05, 0.1) is 48.9 Å². The Morgan fingerprint density at radius 2 is 2.00 bits per heavy atom. The molecule has 13 nitrogen and oxygen atoms in total. The van der Waals surface area contributed by atoms with Crippen LogP contribution in [0.4, 0.5) is 0 Å². The molecule has 1 saturated heterocycles. The number of ketones is 1. The van der Waals surface area contributed by atoms with Crippen LogP contribution in [0.3, 0.4) is 0 Å². The standard InChI is InChI=1S/C29H37N3O10/c1-13-22(27(37)23-15(11-33)6-5-7-18(23)40-4)28(38)24-16(25(13)35)9-29(39,20(12-34)32-31-3)10-19(24)42-21-8-17(30)26(36)14(2)41-21/h5-7,11,14,17,19,21,26,31,34-36,38-39H,8-10,12,30H2,1-4H3/b32-20+/t14-,17-,19-,21?,26+,29-/m0/s1. The van der Waals surface area contributed by atoms with Crippen molar-refractivity contribution in [2.45, 2.75) is 69.4 Å². The van der Waals surface area contributed by atoms with Gasteiger partial charge in [0.1, 0.15) is 22.8 Å². The smallest absolute Gasteiger partial charge is 0.201 e. The van der Waals surface area contributed by atoms with Crippen LogP contribution in [0, 0.1) is 6.92 Å². The largest absolute Gasteiger partial charge is 0.507 e. The number of nitrogens with two attached hydrogens (primary N) is 1. The number of nitrogens with zero attached hydrogens (tertiary/aromatic N) is 1. The number of carbonyl (C=O) groups excluding carboxylic acids is 2. The number of methoxy groups -OCH3 is 1. The molecular formula is C29H37N3O10. The molecule has 1 fully saturated rings. The van der Waals surface area contributed by atoms with Crippen molar-refractivity contribution in [2.24, 2.45) is 10.8 Å². The highest BCUT2D eigenvalue weighted by Crippen LogP contribution is 2.50. The first-order chi connectivity index (χ1) is 19.9. The molecule has 2 aromatic carbocycles. The summed E-state index contributed by atoms with van der Waals surface area (Å²) < 4.78 is 17.3. The van der Waals surface area contributed by atoms with Gasteiger partial charge in [-0.05, 0) is 19.9 Å². The second-order valence-electron chi connectivity index (χ2n) is 10.6. The van der Waals surface area contributed by atoms with Crippen molar-refractivity contribution in [1.82, 2.24) is 5.43 Å². The molecule has 1 aliphatic heterocycles. The van der Waals surface area contributed by atoms with Crippen LogP contribution < -0.4 is 15.9 Å². The van der Waals surface area contributed by atoms with Gasteiger partial charge < -0.3 is 50.9 Å². The molecule has 228 valence electrons. The first-order valence-corrected chi connectivity index (χ1v) is 13.5. The highest BCUT2D eigenvalue weighted by Gasteiger charge is 2.47. The Labute approximate surface area is 242 Å². The van der Waals surface area contributed by atoms with Crippen molar-refractivity contribution in [3.8, 4) is 17.2 Å². The minimum Gasteiger partial charge on any atom is -0.507 e. The van der Waals surface area contributed by atoms with E-state index in [0.717, 1.165) is 0 Å². The molecule has 2 aliphatic rings. The molecule has 1 aliphatic carbocycles. The summed E-state index contributed by atoms with van der Waals surface area (Å²) in [5, 5.41) is 59.1. The molecule has 0 spiro atoms. The normalized spacial score (nSPS) is 27.7. The average Bonchev–Trinajstić information content (AvgIpc) is 2.96. The summed E-state index contributed by atoms with van der Waals surface area (Å²) in [6.07, 6.45) is -3.81. The van der Waals surface area contributed by atoms with Gasteiger partial charge in [0.2, 0.25) is 5.78 Å². The maximum absolute atomic E-state index is 13.9. The Hall–Kier alpha value is -3.59. The predicted octanol–water partition coefficient (Wildman–Crippen LogP) is 0.584. The van der Waals surface area contributed by atoms with E-state index in [1.165, 1.54) is 33.2 Å². The number of fused-ring (bicyclic) bond motifs is 1.